The van der Waals surface area contributed by atoms with Crippen molar-refractivity contribution in [3.63, 3.8) is 0 Å². The number of rotatable bonds is 6. The maximum absolute atomic E-state index is 13.3. The van der Waals surface area contributed by atoms with Crippen LogP contribution < -0.4 is 10.6 Å². The first-order chi connectivity index (χ1) is 16.8. The zero-order valence-electron chi connectivity index (χ0n) is 20.9. The molecule has 0 aliphatic carbocycles. The topological polar surface area (TPSA) is 79.3 Å². The predicted molar refractivity (Wildman–Crippen MR) is 133 cm³/mol. The number of aryl methyl sites for hydroxylation is 1. The summed E-state index contributed by atoms with van der Waals surface area (Å²) in [5, 5.41) is 9.75. The van der Waals surface area contributed by atoms with Crippen LogP contribution in [-0.4, -0.2) is 39.7 Å². The van der Waals surface area contributed by atoms with Crippen LogP contribution in [0.3, 0.4) is 0 Å². The number of amides is 3. The lowest BCUT2D eigenvalue weighted by atomic mass is 9.92. The van der Waals surface area contributed by atoms with E-state index in [0.717, 1.165) is 27.9 Å². The summed E-state index contributed by atoms with van der Waals surface area (Å²) in [6, 6.07) is 13.3. The highest BCUT2D eigenvalue weighted by Crippen LogP contribution is 2.34. The van der Waals surface area contributed by atoms with Gasteiger partial charge in [0.05, 0.1) is 22.6 Å². The fraction of sp³-hybridized carbons (Fsp3) is 0.346. The number of anilines is 2. The number of halogens is 3. The molecule has 0 saturated carbocycles. The summed E-state index contributed by atoms with van der Waals surface area (Å²) >= 11 is 0. The van der Waals surface area contributed by atoms with Gasteiger partial charge < -0.3 is 15.5 Å². The van der Waals surface area contributed by atoms with Gasteiger partial charge in [-0.2, -0.15) is 18.3 Å². The standard InChI is InChI=1S/C26H30F3N5O2/c1-6-33(24(36)30-20-13-8-7-12-19(20)26(27,28)29)16-23(35)31-22-15-21(25(3,4)5)32-34(22)18-11-9-10-17(2)14-18/h7-15H,6,16H2,1-5H3,(H,30,36)(H,31,35). The third kappa shape index (κ3) is 6.44. The summed E-state index contributed by atoms with van der Waals surface area (Å²) in [6.07, 6.45) is -4.63. The number of carbonyl (C=O) groups excluding carboxylic acids is 2. The normalized spacial score (nSPS) is 11.8. The van der Waals surface area contributed by atoms with Gasteiger partial charge in [0, 0.05) is 18.0 Å². The van der Waals surface area contributed by atoms with Crippen LogP contribution in [0.5, 0.6) is 0 Å². The maximum Gasteiger partial charge on any atom is 0.418 e. The van der Waals surface area contributed by atoms with Gasteiger partial charge in [0.1, 0.15) is 12.4 Å². The van der Waals surface area contributed by atoms with Crippen LogP contribution >= 0.6 is 0 Å². The van der Waals surface area contributed by atoms with Crippen LogP contribution in [0.25, 0.3) is 5.69 Å². The Labute approximate surface area is 208 Å². The van der Waals surface area contributed by atoms with Gasteiger partial charge in [-0.3, -0.25) is 4.79 Å². The number of nitrogens with zero attached hydrogens (tertiary/aromatic N) is 3. The number of nitrogens with one attached hydrogen (secondary N) is 2. The molecule has 3 rings (SSSR count). The molecule has 0 unspecified atom stereocenters. The second kappa shape index (κ2) is 10.4. The summed E-state index contributed by atoms with van der Waals surface area (Å²) in [4.78, 5) is 26.8. The first kappa shape index (κ1) is 26.8. The molecule has 1 aromatic heterocycles. The number of benzene rings is 2. The molecule has 36 heavy (non-hydrogen) atoms. The molecule has 2 aromatic carbocycles. The van der Waals surface area contributed by atoms with Crippen LogP contribution in [0, 0.1) is 6.92 Å². The van der Waals surface area contributed by atoms with Gasteiger partial charge in [-0.15, -0.1) is 0 Å². The smallest absolute Gasteiger partial charge is 0.315 e. The Balaban J connectivity index is 1.80. The first-order valence-corrected chi connectivity index (χ1v) is 11.5. The molecule has 0 aliphatic rings. The summed E-state index contributed by atoms with van der Waals surface area (Å²) < 4.78 is 41.5. The minimum absolute atomic E-state index is 0.109. The Morgan fingerprint density at radius 2 is 1.69 bits per heavy atom. The number of para-hydroxylation sites is 1. The summed E-state index contributed by atoms with van der Waals surface area (Å²) in [6.45, 7) is 9.34. The van der Waals surface area contributed by atoms with Gasteiger partial charge in [0.2, 0.25) is 5.91 Å². The van der Waals surface area contributed by atoms with E-state index < -0.39 is 23.7 Å². The van der Waals surface area contributed by atoms with E-state index in [-0.39, 0.29) is 24.2 Å². The molecule has 1 heterocycles. The van der Waals surface area contributed by atoms with E-state index in [2.05, 4.69) is 15.7 Å². The number of aromatic nitrogens is 2. The number of alkyl halides is 3. The quantitative estimate of drug-likeness (QED) is 0.436. The van der Waals surface area contributed by atoms with E-state index in [1.54, 1.807) is 17.7 Å². The van der Waals surface area contributed by atoms with Crippen LogP contribution in [-0.2, 0) is 16.4 Å². The molecule has 0 fully saturated rings. The average molecular weight is 502 g/mol. The fourth-order valence-electron chi connectivity index (χ4n) is 3.51. The van der Waals surface area contributed by atoms with Crippen molar-refractivity contribution in [1.29, 1.82) is 0 Å². The third-order valence-corrected chi connectivity index (χ3v) is 5.47. The average Bonchev–Trinajstić information content (AvgIpc) is 3.21. The number of likely N-dealkylation sites (N-methyl/N-ethyl adjacent to an activating group) is 1. The highest BCUT2D eigenvalue weighted by Gasteiger charge is 2.34. The lowest BCUT2D eigenvalue weighted by Crippen LogP contribution is -2.40. The second-order valence-electron chi connectivity index (χ2n) is 9.45. The minimum atomic E-state index is -4.63. The molecular formula is C26H30F3N5O2. The monoisotopic (exact) mass is 501 g/mol. The van der Waals surface area contributed by atoms with Gasteiger partial charge >= 0.3 is 12.2 Å². The largest absolute Gasteiger partial charge is 0.418 e. The molecule has 0 saturated heterocycles. The molecule has 0 atom stereocenters. The molecule has 0 aliphatic heterocycles. The maximum atomic E-state index is 13.3. The van der Waals surface area contributed by atoms with E-state index in [0.29, 0.717) is 5.82 Å². The molecule has 3 amide bonds. The molecule has 0 spiro atoms. The fourth-order valence-corrected chi connectivity index (χ4v) is 3.51. The first-order valence-electron chi connectivity index (χ1n) is 11.5. The molecule has 2 N–H and O–H groups in total. The Morgan fingerprint density at radius 1 is 1.00 bits per heavy atom. The number of hydrogen-bond acceptors (Lipinski definition) is 3. The van der Waals surface area contributed by atoms with Crippen molar-refractivity contribution in [3.05, 3.63) is 71.4 Å². The predicted octanol–water partition coefficient (Wildman–Crippen LogP) is 5.99. The molecule has 10 heteroatoms. The number of hydrogen-bond donors (Lipinski definition) is 2. The van der Waals surface area contributed by atoms with Crippen molar-refractivity contribution >= 4 is 23.4 Å². The second-order valence-corrected chi connectivity index (χ2v) is 9.45. The Kier molecular flexibility index (Phi) is 7.76. The molecule has 192 valence electrons. The lowest BCUT2D eigenvalue weighted by molar-refractivity contribution is -0.137. The van der Waals surface area contributed by atoms with Crippen LogP contribution in [0.1, 0.15) is 44.5 Å². The highest BCUT2D eigenvalue weighted by atomic mass is 19.4. The highest BCUT2D eigenvalue weighted by molar-refractivity contribution is 5.97. The third-order valence-electron chi connectivity index (χ3n) is 5.47. The Hall–Kier alpha value is -3.82. The van der Waals surface area contributed by atoms with Gasteiger partial charge in [-0.1, -0.05) is 45.0 Å². The van der Waals surface area contributed by atoms with E-state index in [1.165, 1.54) is 18.2 Å². The Bertz CT molecular complexity index is 1240. The van der Waals surface area contributed by atoms with Crippen LogP contribution in [0.4, 0.5) is 29.5 Å². The van der Waals surface area contributed by atoms with Crippen molar-refractivity contribution in [2.75, 3.05) is 23.7 Å². The van der Waals surface area contributed by atoms with Gasteiger partial charge in [-0.25, -0.2) is 9.48 Å². The minimum Gasteiger partial charge on any atom is -0.315 e. The molecule has 0 bridgehead atoms. The van der Waals surface area contributed by atoms with Crippen molar-refractivity contribution in [1.82, 2.24) is 14.7 Å². The summed E-state index contributed by atoms with van der Waals surface area (Å²) in [7, 11) is 0. The van der Waals surface area contributed by atoms with Crippen LogP contribution in [0.15, 0.2) is 54.6 Å². The van der Waals surface area contributed by atoms with Crippen molar-refractivity contribution in [2.45, 2.75) is 46.2 Å². The van der Waals surface area contributed by atoms with Gasteiger partial charge in [-0.05, 0) is 43.7 Å². The van der Waals surface area contributed by atoms with E-state index in [9.17, 15) is 22.8 Å². The van der Waals surface area contributed by atoms with Crippen LogP contribution in [0.2, 0.25) is 0 Å². The molecular weight excluding hydrogens is 471 g/mol. The van der Waals surface area contributed by atoms with E-state index >= 15 is 0 Å². The van der Waals surface area contributed by atoms with E-state index in [1.807, 2.05) is 52.0 Å². The summed E-state index contributed by atoms with van der Waals surface area (Å²) in [5.41, 5.74) is 0.917. The SMILES string of the molecule is CCN(CC(=O)Nc1cc(C(C)(C)C)nn1-c1cccc(C)c1)C(=O)Nc1ccccc1C(F)(F)F. The Morgan fingerprint density at radius 3 is 2.31 bits per heavy atom. The van der Waals surface area contributed by atoms with Gasteiger partial charge in [0.25, 0.3) is 0 Å². The summed E-state index contributed by atoms with van der Waals surface area (Å²) in [5.74, 6) is -0.0835. The van der Waals surface area contributed by atoms with Crippen molar-refractivity contribution in [2.24, 2.45) is 0 Å². The molecule has 0 radical (unpaired) electrons. The number of urea groups is 1. The van der Waals surface area contributed by atoms with Crippen molar-refractivity contribution in [3.8, 4) is 5.69 Å². The zero-order valence-corrected chi connectivity index (χ0v) is 20.9. The lowest BCUT2D eigenvalue weighted by Gasteiger charge is -2.22. The van der Waals surface area contributed by atoms with Gasteiger partial charge in [0.15, 0.2) is 0 Å². The molecule has 3 aromatic rings. The molecule has 7 nitrogen and oxygen atoms in total. The number of carbonyl (C=O) groups is 2. The van der Waals surface area contributed by atoms with Crippen molar-refractivity contribution < 1.29 is 22.8 Å². The zero-order chi connectivity index (χ0) is 26.7. The van der Waals surface area contributed by atoms with E-state index in [4.69, 9.17) is 0 Å².